The Morgan fingerprint density at radius 1 is 1.40 bits per heavy atom. The van der Waals surface area contributed by atoms with Gasteiger partial charge in [-0.25, -0.2) is 17.5 Å². The fourth-order valence-corrected chi connectivity index (χ4v) is 2.53. The van der Waals surface area contributed by atoms with Crippen molar-refractivity contribution in [2.24, 2.45) is 0 Å². The lowest BCUT2D eigenvalue weighted by Crippen LogP contribution is -2.29. The molecule has 0 radical (unpaired) electrons. The molecule has 0 fully saturated rings. The average Bonchev–Trinajstić information content (AvgIpc) is 2.32. The highest BCUT2D eigenvalue weighted by atomic mass is 32.2. The first-order valence-electron chi connectivity index (χ1n) is 5.92. The zero-order valence-corrected chi connectivity index (χ0v) is 12.0. The number of halogens is 1. The topological polar surface area (TPSA) is 101 Å². The van der Waals surface area contributed by atoms with Crippen LogP contribution in [0.4, 0.5) is 15.8 Å². The molecule has 9 heteroatoms. The number of nitro benzene ring substituents is 1. The summed E-state index contributed by atoms with van der Waals surface area (Å²) in [5.41, 5.74) is -0.0813. The molecule has 112 valence electrons. The summed E-state index contributed by atoms with van der Waals surface area (Å²) in [5, 5.41) is 13.5. The van der Waals surface area contributed by atoms with Crippen LogP contribution in [0.1, 0.15) is 12.5 Å². The molecule has 7 nitrogen and oxygen atoms in total. The number of benzene rings is 1. The average molecular weight is 305 g/mol. The fraction of sp³-hybridized carbons (Fsp3) is 0.455. The third-order valence-corrected chi connectivity index (χ3v) is 3.99. The zero-order valence-electron chi connectivity index (χ0n) is 11.1. The van der Waals surface area contributed by atoms with Crippen LogP contribution in [0, 0.1) is 22.9 Å². The number of hydrogen-bond donors (Lipinski definition) is 2. The van der Waals surface area contributed by atoms with Gasteiger partial charge in [0, 0.05) is 13.1 Å². The largest absolute Gasteiger partial charge is 0.378 e. The van der Waals surface area contributed by atoms with Crippen molar-refractivity contribution in [2.75, 3.05) is 24.2 Å². The van der Waals surface area contributed by atoms with Crippen LogP contribution >= 0.6 is 0 Å². The molecular weight excluding hydrogens is 289 g/mol. The molecule has 1 rings (SSSR count). The number of nitro groups is 1. The molecule has 0 unspecified atom stereocenters. The number of rotatable bonds is 7. The minimum Gasteiger partial charge on any atom is -0.378 e. The zero-order chi connectivity index (χ0) is 15.3. The predicted molar refractivity (Wildman–Crippen MR) is 73.7 cm³/mol. The maximum atomic E-state index is 13.3. The van der Waals surface area contributed by atoms with Gasteiger partial charge in [0.1, 0.15) is 11.5 Å². The maximum Gasteiger partial charge on any atom is 0.295 e. The Morgan fingerprint density at radius 2 is 2.05 bits per heavy atom. The number of nitrogens with one attached hydrogen (secondary N) is 2. The maximum absolute atomic E-state index is 13.3. The quantitative estimate of drug-likeness (QED) is 0.585. The summed E-state index contributed by atoms with van der Waals surface area (Å²) in [4.78, 5) is 10.1. The number of sulfonamides is 1. The van der Waals surface area contributed by atoms with Crippen molar-refractivity contribution < 1.29 is 17.7 Å². The van der Waals surface area contributed by atoms with Gasteiger partial charge >= 0.3 is 0 Å². The molecule has 0 amide bonds. The fourth-order valence-electron chi connectivity index (χ4n) is 1.58. The van der Waals surface area contributed by atoms with Crippen LogP contribution in [0.2, 0.25) is 0 Å². The Labute approximate surface area is 116 Å². The molecule has 0 spiro atoms. The Kier molecular flexibility index (Phi) is 5.40. The summed E-state index contributed by atoms with van der Waals surface area (Å²) in [6.45, 7) is 3.39. The van der Waals surface area contributed by atoms with E-state index in [1.807, 2.05) is 0 Å². The second kappa shape index (κ2) is 6.62. The molecule has 0 aliphatic rings. The molecule has 0 aliphatic heterocycles. The lowest BCUT2D eigenvalue weighted by atomic mass is 10.2. The van der Waals surface area contributed by atoms with Crippen molar-refractivity contribution in [2.45, 2.75) is 13.8 Å². The lowest BCUT2D eigenvalue weighted by Gasteiger charge is -2.09. The second-order valence-electron chi connectivity index (χ2n) is 4.12. The molecule has 2 N–H and O–H groups in total. The molecule has 0 heterocycles. The van der Waals surface area contributed by atoms with Gasteiger partial charge in [0.05, 0.1) is 16.7 Å². The van der Waals surface area contributed by atoms with Gasteiger partial charge in [0.25, 0.3) is 5.69 Å². The lowest BCUT2D eigenvalue weighted by molar-refractivity contribution is -0.384. The highest BCUT2D eigenvalue weighted by molar-refractivity contribution is 7.89. The van der Waals surface area contributed by atoms with Crippen molar-refractivity contribution in [1.29, 1.82) is 0 Å². The molecule has 1 aromatic carbocycles. The molecule has 0 bridgehead atoms. The van der Waals surface area contributed by atoms with Crippen molar-refractivity contribution in [3.05, 3.63) is 33.6 Å². The van der Waals surface area contributed by atoms with Crippen LogP contribution in [-0.2, 0) is 10.0 Å². The van der Waals surface area contributed by atoms with Gasteiger partial charge in [-0.15, -0.1) is 0 Å². The van der Waals surface area contributed by atoms with Crippen LogP contribution in [0.15, 0.2) is 12.1 Å². The third-order valence-electron chi connectivity index (χ3n) is 2.52. The van der Waals surface area contributed by atoms with E-state index in [1.165, 1.54) is 13.0 Å². The standard InChI is InChI=1S/C11H16FN3O4S/c1-3-14-20(18,19)5-4-13-10-6-8(2)9(12)7-11(10)15(16)17/h6-7,13-14H,3-5H2,1-2H3. The van der Waals surface area contributed by atoms with Crippen molar-refractivity contribution in [3.8, 4) is 0 Å². The Balaban J connectivity index is 2.83. The first kappa shape index (κ1) is 16.3. The Morgan fingerprint density at radius 3 is 2.60 bits per heavy atom. The van der Waals surface area contributed by atoms with Gasteiger partial charge in [-0.05, 0) is 18.6 Å². The Hall–Kier alpha value is -1.74. The highest BCUT2D eigenvalue weighted by Crippen LogP contribution is 2.27. The van der Waals surface area contributed by atoms with Gasteiger partial charge < -0.3 is 5.32 Å². The van der Waals surface area contributed by atoms with E-state index in [9.17, 15) is 22.9 Å². The van der Waals surface area contributed by atoms with Gasteiger partial charge in [-0.3, -0.25) is 10.1 Å². The number of hydrogen-bond acceptors (Lipinski definition) is 5. The van der Waals surface area contributed by atoms with E-state index >= 15 is 0 Å². The SMILES string of the molecule is CCNS(=O)(=O)CCNc1cc(C)c(F)cc1[N+](=O)[O-]. The van der Waals surface area contributed by atoms with Crippen LogP contribution in [-0.4, -0.2) is 32.2 Å². The van der Waals surface area contributed by atoms with Crippen LogP contribution in [0.25, 0.3) is 0 Å². The Bertz CT molecular complexity index is 604. The van der Waals surface area contributed by atoms with E-state index in [4.69, 9.17) is 0 Å². The first-order chi connectivity index (χ1) is 9.26. The van der Waals surface area contributed by atoms with Crippen molar-refractivity contribution in [3.63, 3.8) is 0 Å². The summed E-state index contributed by atoms with van der Waals surface area (Å²) >= 11 is 0. The second-order valence-corrected chi connectivity index (χ2v) is 6.05. The van der Waals surface area contributed by atoms with Gasteiger partial charge in [0.15, 0.2) is 0 Å². The molecule has 0 atom stereocenters. The van der Waals surface area contributed by atoms with E-state index in [0.29, 0.717) is 0 Å². The first-order valence-corrected chi connectivity index (χ1v) is 7.58. The number of anilines is 1. The van der Waals surface area contributed by atoms with E-state index in [0.717, 1.165) is 6.07 Å². The van der Waals surface area contributed by atoms with Crippen molar-refractivity contribution in [1.82, 2.24) is 4.72 Å². The smallest absolute Gasteiger partial charge is 0.295 e. The van der Waals surface area contributed by atoms with Crippen LogP contribution in [0.5, 0.6) is 0 Å². The van der Waals surface area contributed by atoms with Crippen molar-refractivity contribution >= 4 is 21.4 Å². The molecule has 20 heavy (non-hydrogen) atoms. The number of aryl methyl sites for hydroxylation is 1. The molecular formula is C11H16FN3O4S. The molecule has 0 aliphatic carbocycles. The normalized spacial score (nSPS) is 11.3. The summed E-state index contributed by atoms with van der Waals surface area (Å²) in [6, 6.07) is 2.10. The van der Waals surface area contributed by atoms with E-state index < -0.39 is 26.5 Å². The van der Waals surface area contributed by atoms with Crippen LogP contribution in [0.3, 0.4) is 0 Å². The molecule has 0 saturated carbocycles. The third kappa shape index (κ3) is 4.42. The van der Waals surface area contributed by atoms with E-state index in [-0.39, 0.29) is 30.1 Å². The predicted octanol–water partition coefficient (Wildman–Crippen LogP) is 1.39. The summed E-state index contributed by atoms with van der Waals surface area (Å²) in [6.07, 6.45) is 0. The minimum absolute atomic E-state index is 0.0127. The monoisotopic (exact) mass is 305 g/mol. The van der Waals surface area contributed by atoms with Gasteiger partial charge in [-0.1, -0.05) is 6.92 Å². The molecule has 0 saturated heterocycles. The minimum atomic E-state index is -3.41. The van der Waals surface area contributed by atoms with E-state index in [2.05, 4.69) is 10.0 Å². The van der Waals surface area contributed by atoms with E-state index in [1.54, 1.807) is 6.92 Å². The highest BCUT2D eigenvalue weighted by Gasteiger charge is 2.17. The summed E-state index contributed by atoms with van der Waals surface area (Å²) < 4.78 is 38.4. The van der Waals surface area contributed by atoms with Crippen LogP contribution < -0.4 is 10.0 Å². The molecule has 1 aromatic rings. The summed E-state index contributed by atoms with van der Waals surface area (Å²) in [5.74, 6) is -0.906. The summed E-state index contributed by atoms with van der Waals surface area (Å²) in [7, 11) is -3.41. The van der Waals surface area contributed by atoms with Gasteiger partial charge in [-0.2, -0.15) is 0 Å². The number of nitrogens with zero attached hydrogens (tertiary/aromatic N) is 1. The molecule has 0 aromatic heterocycles. The van der Waals surface area contributed by atoms with Gasteiger partial charge in [0.2, 0.25) is 10.0 Å².